The SMILES string of the molecule is CCC1(C)c2cc(OCCCCN3CCN(c4cccc5sccc45)CC3)cc(N(C=O)COC(=O)C(N)C(C)C)c21. The Morgan fingerprint density at radius 2 is 1.95 bits per heavy atom. The minimum absolute atomic E-state index is 0.0449. The molecule has 1 aromatic heterocycles. The molecule has 2 aromatic carbocycles. The van der Waals surface area contributed by atoms with Crippen LogP contribution in [-0.2, 0) is 19.7 Å². The zero-order chi connectivity index (χ0) is 29.9. The number of nitrogens with two attached hydrogens (primary N) is 1. The maximum Gasteiger partial charge on any atom is 0.324 e. The van der Waals surface area contributed by atoms with Crippen molar-refractivity contribution in [3.05, 3.63) is 52.9 Å². The predicted octanol–water partition coefficient (Wildman–Crippen LogP) is 5.36. The number of amides is 1. The normalized spacial score (nSPS) is 19.0. The first-order valence-electron chi connectivity index (χ1n) is 15.2. The minimum atomic E-state index is -0.723. The second kappa shape index (κ2) is 13.0. The average Bonchev–Trinajstić information content (AvgIpc) is 3.33. The monoisotopic (exact) mass is 592 g/mol. The maximum atomic E-state index is 12.3. The maximum absolute atomic E-state index is 12.3. The molecule has 226 valence electrons. The highest BCUT2D eigenvalue weighted by atomic mass is 32.1. The highest BCUT2D eigenvalue weighted by molar-refractivity contribution is 7.17. The number of hydrogen-bond donors (Lipinski definition) is 1. The summed E-state index contributed by atoms with van der Waals surface area (Å²) >= 11 is 1.80. The van der Waals surface area contributed by atoms with Crippen molar-refractivity contribution in [1.29, 1.82) is 0 Å². The number of carbonyl (C=O) groups excluding carboxylic acids is 2. The van der Waals surface area contributed by atoms with Crippen molar-refractivity contribution in [3.8, 4) is 5.75 Å². The van der Waals surface area contributed by atoms with Crippen LogP contribution >= 0.6 is 11.3 Å². The number of nitrogens with zero attached hydrogens (tertiary/aromatic N) is 3. The molecule has 0 saturated carbocycles. The highest BCUT2D eigenvalue weighted by Crippen LogP contribution is 2.58. The summed E-state index contributed by atoms with van der Waals surface area (Å²) in [5, 5.41) is 3.54. The number of rotatable bonds is 14. The molecule has 8 nitrogen and oxygen atoms in total. The number of benzene rings is 2. The average molecular weight is 593 g/mol. The second-order valence-corrected chi connectivity index (χ2v) is 12.9. The molecule has 1 fully saturated rings. The van der Waals surface area contributed by atoms with Crippen molar-refractivity contribution in [1.82, 2.24) is 4.90 Å². The van der Waals surface area contributed by atoms with E-state index in [4.69, 9.17) is 15.2 Å². The van der Waals surface area contributed by atoms with Crippen molar-refractivity contribution in [2.24, 2.45) is 11.7 Å². The quantitative estimate of drug-likeness (QED) is 0.117. The van der Waals surface area contributed by atoms with Gasteiger partial charge < -0.3 is 20.1 Å². The topological polar surface area (TPSA) is 88.3 Å². The zero-order valence-corrected chi connectivity index (χ0v) is 26.1. The Balaban J connectivity index is 1.10. The molecule has 2 unspecified atom stereocenters. The van der Waals surface area contributed by atoms with Gasteiger partial charge in [-0.2, -0.15) is 0 Å². The molecule has 1 aliphatic carbocycles. The van der Waals surface area contributed by atoms with E-state index >= 15 is 0 Å². The fourth-order valence-corrected chi connectivity index (χ4v) is 6.72. The van der Waals surface area contributed by atoms with Gasteiger partial charge in [0.2, 0.25) is 6.41 Å². The number of thiophene rings is 1. The van der Waals surface area contributed by atoms with Gasteiger partial charge in [-0.05, 0) is 72.5 Å². The van der Waals surface area contributed by atoms with Gasteiger partial charge in [0.15, 0.2) is 6.73 Å². The summed E-state index contributed by atoms with van der Waals surface area (Å²) in [7, 11) is 0. The van der Waals surface area contributed by atoms with E-state index in [-0.39, 0.29) is 18.1 Å². The van der Waals surface area contributed by atoms with Crippen LogP contribution in [0.5, 0.6) is 5.75 Å². The number of anilines is 2. The van der Waals surface area contributed by atoms with Gasteiger partial charge in [-0.3, -0.25) is 19.4 Å². The lowest BCUT2D eigenvalue weighted by atomic mass is 10.0. The summed E-state index contributed by atoms with van der Waals surface area (Å²) in [6.07, 6.45) is 3.65. The van der Waals surface area contributed by atoms with Crippen LogP contribution < -0.4 is 20.3 Å². The second-order valence-electron chi connectivity index (χ2n) is 12.0. The van der Waals surface area contributed by atoms with Crippen LogP contribution in [0.1, 0.15) is 58.1 Å². The first-order chi connectivity index (χ1) is 20.3. The molecule has 1 amide bonds. The number of piperazine rings is 1. The molecule has 1 saturated heterocycles. The fourth-order valence-electron chi connectivity index (χ4n) is 5.91. The van der Waals surface area contributed by atoms with Crippen LogP contribution in [0.3, 0.4) is 0 Å². The van der Waals surface area contributed by atoms with Gasteiger partial charge in [0.05, 0.1) is 12.3 Å². The lowest BCUT2D eigenvalue weighted by Crippen LogP contribution is -2.46. The summed E-state index contributed by atoms with van der Waals surface area (Å²) in [5.74, 6) is 0.190. The largest absolute Gasteiger partial charge is 0.494 e. The third-order valence-corrected chi connectivity index (χ3v) is 9.86. The molecule has 42 heavy (non-hydrogen) atoms. The van der Waals surface area contributed by atoms with Crippen molar-refractivity contribution < 1.29 is 19.1 Å². The number of carbonyl (C=O) groups is 2. The van der Waals surface area contributed by atoms with Crippen molar-refractivity contribution in [3.63, 3.8) is 0 Å². The van der Waals surface area contributed by atoms with E-state index in [1.165, 1.54) is 26.2 Å². The molecular weight excluding hydrogens is 548 g/mol. The van der Waals surface area contributed by atoms with E-state index < -0.39 is 12.0 Å². The summed E-state index contributed by atoms with van der Waals surface area (Å²) in [6, 6.07) is 12.1. The predicted molar refractivity (Wildman–Crippen MR) is 171 cm³/mol. The van der Waals surface area contributed by atoms with Crippen LogP contribution in [0.4, 0.5) is 11.4 Å². The number of fused-ring (bicyclic) bond motifs is 2. The first-order valence-corrected chi connectivity index (χ1v) is 16.0. The van der Waals surface area contributed by atoms with Crippen LogP contribution in [0.15, 0.2) is 41.8 Å². The Hall–Kier alpha value is -3.14. The lowest BCUT2D eigenvalue weighted by molar-refractivity contribution is -0.146. The molecule has 1 aliphatic heterocycles. The van der Waals surface area contributed by atoms with Gasteiger partial charge in [0.1, 0.15) is 11.8 Å². The summed E-state index contributed by atoms with van der Waals surface area (Å²) in [4.78, 5) is 30.9. The minimum Gasteiger partial charge on any atom is -0.494 e. The van der Waals surface area contributed by atoms with Crippen LogP contribution in [0.2, 0.25) is 0 Å². The molecule has 5 rings (SSSR count). The lowest BCUT2D eigenvalue weighted by Gasteiger charge is -2.36. The van der Waals surface area contributed by atoms with E-state index in [9.17, 15) is 9.59 Å². The summed E-state index contributed by atoms with van der Waals surface area (Å²) in [6.45, 7) is 13.8. The Kier molecular flexibility index (Phi) is 9.40. The molecule has 2 N–H and O–H groups in total. The van der Waals surface area contributed by atoms with Gasteiger partial charge in [0, 0.05) is 53.4 Å². The van der Waals surface area contributed by atoms with E-state index in [0.717, 1.165) is 69.0 Å². The smallest absolute Gasteiger partial charge is 0.324 e. The Bertz CT molecular complexity index is 1400. The van der Waals surface area contributed by atoms with Gasteiger partial charge >= 0.3 is 5.97 Å². The third kappa shape index (κ3) is 6.28. The number of ether oxygens (including phenoxy) is 2. The highest BCUT2D eigenvalue weighted by Gasteiger charge is 2.48. The summed E-state index contributed by atoms with van der Waals surface area (Å²) < 4.78 is 12.9. The molecule has 2 heterocycles. The molecule has 0 spiro atoms. The third-order valence-electron chi connectivity index (χ3n) is 8.98. The van der Waals surface area contributed by atoms with Crippen LogP contribution in [0.25, 0.3) is 10.1 Å². The zero-order valence-electron chi connectivity index (χ0n) is 25.3. The van der Waals surface area contributed by atoms with Crippen LogP contribution in [0, 0.1) is 5.92 Å². The molecular formula is C33H44N4O4S. The standard InChI is InChI=1S/C33H44N4O4S/c1-5-33(4)26-19-24(20-28(30(26)33)37(21-38)22-41-32(39)31(34)23(2)3)40-17-7-6-12-35-13-15-36(16-14-35)27-9-8-10-29-25(27)11-18-42-29/h8-11,18-21,23,31H,5-7,12-17,22,34H2,1-4H3. The van der Waals surface area contributed by atoms with Gasteiger partial charge in [-0.15, -0.1) is 11.3 Å². The Morgan fingerprint density at radius 3 is 2.67 bits per heavy atom. The van der Waals surface area contributed by atoms with Gasteiger partial charge in [-0.1, -0.05) is 33.8 Å². The molecule has 0 radical (unpaired) electrons. The van der Waals surface area contributed by atoms with Crippen molar-refractivity contribution >= 4 is 45.2 Å². The van der Waals surface area contributed by atoms with Gasteiger partial charge in [0.25, 0.3) is 0 Å². The number of esters is 1. The van der Waals surface area contributed by atoms with Crippen molar-refractivity contribution in [2.75, 3.05) is 55.9 Å². The molecule has 0 bridgehead atoms. The molecule has 2 aliphatic rings. The Labute approximate surface area is 253 Å². The van der Waals surface area contributed by atoms with Crippen LogP contribution in [-0.4, -0.2) is 69.4 Å². The first kappa shape index (κ1) is 30.3. The van der Waals surface area contributed by atoms with Crippen molar-refractivity contribution in [2.45, 2.75) is 58.4 Å². The van der Waals surface area contributed by atoms with Gasteiger partial charge in [-0.25, -0.2) is 0 Å². The van der Waals surface area contributed by atoms with E-state index in [2.05, 4.69) is 59.4 Å². The molecule has 3 aromatic rings. The fraction of sp³-hybridized carbons (Fsp3) is 0.515. The number of unbranched alkanes of at least 4 members (excludes halogenated alkanes) is 1. The Morgan fingerprint density at radius 1 is 1.17 bits per heavy atom. The van der Waals surface area contributed by atoms with E-state index in [0.29, 0.717) is 13.0 Å². The van der Waals surface area contributed by atoms with E-state index in [1.54, 1.807) is 11.3 Å². The number of hydrogen-bond acceptors (Lipinski definition) is 8. The molecule has 9 heteroatoms. The molecule has 2 atom stereocenters. The summed E-state index contributed by atoms with van der Waals surface area (Å²) in [5.41, 5.74) is 10.2. The van der Waals surface area contributed by atoms with E-state index in [1.807, 2.05) is 19.9 Å².